The number of amides is 2. The molecule has 0 saturated heterocycles. The van der Waals surface area contributed by atoms with Crippen LogP contribution in [0.5, 0.6) is 17.2 Å². The van der Waals surface area contributed by atoms with Crippen molar-refractivity contribution < 1.29 is 23.8 Å². The van der Waals surface area contributed by atoms with E-state index in [1.54, 1.807) is 36.4 Å². The first-order chi connectivity index (χ1) is 18.2. The molecule has 0 aliphatic rings. The van der Waals surface area contributed by atoms with Crippen molar-refractivity contribution in [3.05, 3.63) is 80.4 Å². The molecule has 2 N–H and O–H groups in total. The van der Waals surface area contributed by atoms with Gasteiger partial charge in [-0.15, -0.1) is 0 Å². The molecule has 0 spiro atoms. The number of nitrogens with one attached hydrogen (secondary N) is 2. The summed E-state index contributed by atoms with van der Waals surface area (Å²) in [5.74, 6) is 0.589. The molecule has 3 rings (SSSR count). The SMILES string of the molecule is CCOc1ccc(NC(=O)/C(C#N)=C/c2cc(I)c(OCC(=O)Nc3cccc(C)c3C)c(OC)c2)cc1. The van der Waals surface area contributed by atoms with Gasteiger partial charge in [0.1, 0.15) is 17.4 Å². The number of hydrogen-bond acceptors (Lipinski definition) is 6. The van der Waals surface area contributed by atoms with E-state index in [0.29, 0.717) is 38.7 Å². The Bertz CT molecular complexity index is 1390. The van der Waals surface area contributed by atoms with Crippen LogP contribution in [0.2, 0.25) is 0 Å². The van der Waals surface area contributed by atoms with Gasteiger partial charge in [-0.1, -0.05) is 12.1 Å². The Morgan fingerprint density at radius 1 is 1.05 bits per heavy atom. The van der Waals surface area contributed by atoms with Gasteiger partial charge in [0.15, 0.2) is 18.1 Å². The van der Waals surface area contributed by atoms with Gasteiger partial charge in [0.25, 0.3) is 11.8 Å². The molecule has 3 aromatic carbocycles. The third-order valence-corrected chi connectivity index (χ3v) is 6.38. The fourth-order valence-electron chi connectivity index (χ4n) is 3.49. The highest BCUT2D eigenvalue weighted by Gasteiger charge is 2.16. The molecule has 0 saturated carbocycles. The Labute approximate surface area is 235 Å². The quantitative estimate of drug-likeness (QED) is 0.166. The molecule has 9 heteroatoms. The first-order valence-electron chi connectivity index (χ1n) is 11.8. The Balaban J connectivity index is 1.72. The molecule has 0 radical (unpaired) electrons. The van der Waals surface area contributed by atoms with Crippen molar-refractivity contribution in [3.63, 3.8) is 0 Å². The zero-order chi connectivity index (χ0) is 27.7. The molecular formula is C29H28IN3O5. The van der Waals surface area contributed by atoms with Crippen LogP contribution >= 0.6 is 22.6 Å². The van der Waals surface area contributed by atoms with Crippen LogP contribution in [0.3, 0.4) is 0 Å². The van der Waals surface area contributed by atoms with Crippen molar-refractivity contribution in [2.24, 2.45) is 0 Å². The van der Waals surface area contributed by atoms with Crippen LogP contribution in [0.25, 0.3) is 6.08 Å². The molecule has 8 nitrogen and oxygen atoms in total. The molecule has 0 atom stereocenters. The number of nitriles is 1. The van der Waals surface area contributed by atoms with Gasteiger partial charge < -0.3 is 24.8 Å². The standard InChI is InChI=1S/C29H28IN3O5/c1-5-37-23-11-9-22(10-12-23)32-29(35)21(16-31)13-20-14-24(30)28(26(15-20)36-4)38-17-27(34)33-25-8-6-7-18(2)19(25)3/h6-15H,5,17H2,1-4H3,(H,32,35)(H,33,34)/b21-13+. The van der Waals surface area contributed by atoms with Crippen LogP contribution in [0, 0.1) is 28.7 Å². The molecule has 0 bridgehead atoms. The summed E-state index contributed by atoms with van der Waals surface area (Å²) in [7, 11) is 1.48. The first-order valence-corrected chi connectivity index (χ1v) is 12.9. The lowest BCUT2D eigenvalue weighted by atomic mass is 10.1. The van der Waals surface area contributed by atoms with Gasteiger partial charge in [0.2, 0.25) is 0 Å². The van der Waals surface area contributed by atoms with Gasteiger partial charge >= 0.3 is 0 Å². The summed E-state index contributed by atoms with van der Waals surface area (Å²) in [6, 6.07) is 17.9. The molecule has 38 heavy (non-hydrogen) atoms. The minimum Gasteiger partial charge on any atom is -0.494 e. The van der Waals surface area contributed by atoms with Crippen molar-refractivity contribution in [1.82, 2.24) is 0 Å². The number of carbonyl (C=O) groups excluding carboxylic acids is 2. The molecule has 196 valence electrons. The molecular weight excluding hydrogens is 597 g/mol. The third-order valence-electron chi connectivity index (χ3n) is 5.58. The number of nitrogens with zero attached hydrogens (tertiary/aromatic N) is 1. The number of ether oxygens (including phenoxy) is 3. The Kier molecular flexibility index (Phi) is 10.1. The smallest absolute Gasteiger partial charge is 0.266 e. The molecule has 3 aromatic rings. The van der Waals surface area contributed by atoms with E-state index in [0.717, 1.165) is 16.8 Å². The molecule has 0 aliphatic heterocycles. The van der Waals surface area contributed by atoms with Gasteiger partial charge in [0, 0.05) is 11.4 Å². The van der Waals surface area contributed by atoms with E-state index in [4.69, 9.17) is 14.2 Å². The monoisotopic (exact) mass is 625 g/mol. The van der Waals surface area contributed by atoms with Gasteiger partial charge in [-0.25, -0.2) is 0 Å². The van der Waals surface area contributed by atoms with Crippen LogP contribution in [0.4, 0.5) is 11.4 Å². The summed E-state index contributed by atoms with van der Waals surface area (Å²) in [6.45, 7) is 6.13. The Morgan fingerprint density at radius 2 is 1.79 bits per heavy atom. The number of carbonyl (C=O) groups is 2. The molecule has 2 amide bonds. The lowest BCUT2D eigenvalue weighted by Crippen LogP contribution is -2.21. The Hall–Kier alpha value is -4.04. The number of anilines is 2. The zero-order valence-electron chi connectivity index (χ0n) is 21.6. The van der Waals surface area contributed by atoms with E-state index < -0.39 is 5.91 Å². The average Bonchev–Trinajstić information content (AvgIpc) is 2.90. The third kappa shape index (κ3) is 7.49. The summed E-state index contributed by atoms with van der Waals surface area (Å²) >= 11 is 2.06. The van der Waals surface area contributed by atoms with E-state index in [1.165, 1.54) is 13.2 Å². The second-order valence-corrected chi connectivity index (χ2v) is 9.36. The van der Waals surface area contributed by atoms with Gasteiger partial charge in [0.05, 0.1) is 17.3 Å². The summed E-state index contributed by atoms with van der Waals surface area (Å²) in [6.07, 6.45) is 1.46. The van der Waals surface area contributed by atoms with Crippen molar-refractivity contribution in [2.75, 3.05) is 31.0 Å². The number of rotatable bonds is 10. The maximum atomic E-state index is 12.7. The molecule has 0 aromatic heterocycles. The topological polar surface area (TPSA) is 110 Å². The number of halogens is 1. The second-order valence-electron chi connectivity index (χ2n) is 8.20. The van der Waals surface area contributed by atoms with Crippen LogP contribution in [0.1, 0.15) is 23.6 Å². The zero-order valence-corrected chi connectivity index (χ0v) is 23.7. The van der Waals surface area contributed by atoms with E-state index >= 15 is 0 Å². The summed E-state index contributed by atoms with van der Waals surface area (Å²) in [5.41, 5.74) is 3.82. The van der Waals surface area contributed by atoms with Gasteiger partial charge in [-0.05, 0) is 109 Å². The highest BCUT2D eigenvalue weighted by molar-refractivity contribution is 14.1. The van der Waals surface area contributed by atoms with Crippen molar-refractivity contribution in [2.45, 2.75) is 20.8 Å². The van der Waals surface area contributed by atoms with Crippen molar-refractivity contribution >= 4 is 51.9 Å². The molecule has 0 unspecified atom stereocenters. The maximum absolute atomic E-state index is 12.7. The fraction of sp³-hybridized carbons (Fsp3) is 0.207. The molecule has 0 fully saturated rings. The summed E-state index contributed by atoms with van der Waals surface area (Å²) in [5, 5.41) is 15.2. The molecule has 0 heterocycles. The van der Waals surface area contributed by atoms with E-state index in [9.17, 15) is 14.9 Å². The molecule has 0 aliphatic carbocycles. The van der Waals surface area contributed by atoms with E-state index in [-0.39, 0.29) is 18.1 Å². The Morgan fingerprint density at radius 3 is 2.45 bits per heavy atom. The van der Waals surface area contributed by atoms with Gasteiger partial charge in [-0.3, -0.25) is 9.59 Å². The largest absolute Gasteiger partial charge is 0.494 e. The van der Waals surface area contributed by atoms with Crippen LogP contribution in [0.15, 0.2) is 60.2 Å². The fourth-order valence-corrected chi connectivity index (χ4v) is 4.27. The highest BCUT2D eigenvalue weighted by atomic mass is 127. The summed E-state index contributed by atoms with van der Waals surface area (Å²) < 4.78 is 17.3. The van der Waals surface area contributed by atoms with E-state index in [1.807, 2.05) is 45.0 Å². The predicted octanol–water partition coefficient (Wildman–Crippen LogP) is 5.88. The lowest BCUT2D eigenvalue weighted by molar-refractivity contribution is -0.118. The maximum Gasteiger partial charge on any atom is 0.266 e. The highest BCUT2D eigenvalue weighted by Crippen LogP contribution is 2.35. The lowest BCUT2D eigenvalue weighted by Gasteiger charge is -2.15. The minimum absolute atomic E-state index is 0.0849. The number of benzene rings is 3. The summed E-state index contributed by atoms with van der Waals surface area (Å²) in [4.78, 5) is 25.2. The van der Waals surface area contributed by atoms with Crippen molar-refractivity contribution in [1.29, 1.82) is 5.26 Å². The van der Waals surface area contributed by atoms with Gasteiger partial charge in [-0.2, -0.15) is 5.26 Å². The average molecular weight is 625 g/mol. The number of hydrogen-bond donors (Lipinski definition) is 2. The van der Waals surface area contributed by atoms with Crippen LogP contribution < -0.4 is 24.8 Å². The number of aryl methyl sites for hydroxylation is 1. The van der Waals surface area contributed by atoms with Crippen molar-refractivity contribution in [3.8, 4) is 23.3 Å². The van der Waals surface area contributed by atoms with Crippen LogP contribution in [-0.4, -0.2) is 32.1 Å². The normalized spacial score (nSPS) is 10.8. The number of methoxy groups -OCH3 is 1. The second kappa shape index (κ2) is 13.5. The minimum atomic E-state index is -0.547. The van der Waals surface area contributed by atoms with E-state index in [2.05, 4.69) is 33.2 Å². The predicted molar refractivity (Wildman–Crippen MR) is 156 cm³/mol. The first kappa shape index (κ1) is 28.5. The van der Waals surface area contributed by atoms with Crippen LogP contribution in [-0.2, 0) is 9.59 Å².